The number of halogens is 2. The molecule has 0 aliphatic heterocycles. The van der Waals surface area contributed by atoms with Gasteiger partial charge >= 0.3 is 0 Å². The zero-order valence-electron chi connectivity index (χ0n) is 8.91. The van der Waals surface area contributed by atoms with Crippen LogP contribution in [0.25, 0.3) is 0 Å². The van der Waals surface area contributed by atoms with E-state index in [1.54, 1.807) is 0 Å². The van der Waals surface area contributed by atoms with Gasteiger partial charge in [0, 0.05) is 0 Å². The van der Waals surface area contributed by atoms with Gasteiger partial charge < -0.3 is 5.32 Å². The zero-order chi connectivity index (χ0) is 13.9. The molecule has 0 aromatic heterocycles. The molecule has 96 valence electrons. The summed E-state index contributed by atoms with van der Waals surface area (Å²) in [5, 5.41) is 7.22. The minimum atomic E-state index is -3.92. The highest BCUT2D eigenvalue weighted by molar-refractivity contribution is 7.89. The Bertz CT molecular complexity index is 612. The molecule has 0 saturated heterocycles. The molecule has 3 N–H and O–H groups in total. The number of benzene rings is 1. The van der Waals surface area contributed by atoms with Crippen molar-refractivity contribution in [2.45, 2.75) is 11.3 Å². The SMILES string of the molecule is C#CCC(=O)Nc1c(Cl)cc(S(N)(=O)=O)cc1Cl. The first-order chi connectivity index (χ1) is 8.25. The van der Waals surface area contributed by atoms with Crippen LogP contribution in [0.5, 0.6) is 0 Å². The van der Waals surface area contributed by atoms with E-state index < -0.39 is 15.9 Å². The summed E-state index contributed by atoms with van der Waals surface area (Å²) in [6, 6.07) is 2.18. The maximum atomic E-state index is 11.3. The van der Waals surface area contributed by atoms with Crippen molar-refractivity contribution in [3.05, 3.63) is 22.2 Å². The van der Waals surface area contributed by atoms with Gasteiger partial charge in [0.2, 0.25) is 15.9 Å². The highest BCUT2D eigenvalue weighted by atomic mass is 35.5. The second-order valence-corrected chi connectivity index (χ2v) is 5.61. The van der Waals surface area contributed by atoms with Gasteiger partial charge in [0.1, 0.15) is 0 Å². The molecule has 0 fully saturated rings. The van der Waals surface area contributed by atoms with Gasteiger partial charge in [0.15, 0.2) is 0 Å². The van der Waals surface area contributed by atoms with Crippen LogP contribution in [0.4, 0.5) is 5.69 Å². The van der Waals surface area contributed by atoms with E-state index >= 15 is 0 Å². The summed E-state index contributed by atoms with van der Waals surface area (Å²) in [6.07, 6.45) is 4.82. The lowest BCUT2D eigenvalue weighted by molar-refractivity contribution is -0.115. The molecule has 1 aromatic carbocycles. The Morgan fingerprint density at radius 2 is 1.89 bits per heavy atom. The summed E-state index contributed by atoms with van der Waals surface area (Å²) < 4.78 is 22.2. The predicted octanol–water partition coefficient (Wildman–Crippen LogP) is 1.60. The molecule has 0 bridgehead atoms. The first-order valence-electron chi connectivity index (χ1n) is 4.51. The molecule has 8 heteroatoms. The summed E-state index contributed by atoms with van der Waals surface area (Å²) >= 11 is 11.6. The fourth-order valence-electron chi connectivity index (χ4n) is 1.11. The molecule has 0 saturated carbocycles. The quantitative estimate of drug-likeness (QED) is 0.831. The average molecular weight is 307 g/mol. The van der Waals surface area contributed by atoms with Crippen molar-refractivity contribution in [3.63, 3.8) is 0 Å². The summed E-state index contributed by atoms with van der Waals surface area (Å²) in [5.41, 5.74) is 0.0889. The molecule has 5 nitrogen and oxygen atoms in total. The largest absolute Gasteiger partial charge is 0.323 e. The molecule has 18 heavy (non-hydrogen) atoms. The molecular weight excluding hydrogens is 299 g/mol. The zero-order valence-corrected chi connectivity index (χ0v) is 11.2. The second-order valence-electron chi connectivity index (χ2n) is 3.24. The van der Waals surface area contributed by atoms with Gasteiger partial charge in [-0.2, -0.15) is 0 Å². The van der Waals surface area contributed by atoms with Gasteiger partial charge in [0.05, 0.1) is 27.0 Å². The first kappa shape index (κ1) is 14.8. The summed E-state index contributed by atoms with van der Waals surface area (Å²) in [4.78, 5) is 11.0. The maximum absolute atomic E-state index is 11.3. The third kappa shape index (κ3) is 3.62. The van der Waals surface area contributed by atoms with Crippen LogP contribution in [-0.4, -0.2) is 14.3 Å². The Labute approximate surface area is 114 Å². The lowest BCUT2D eigenvalue weighted by Crippen LogP contribution is -2.14. The molecule has 0 atom stereocenters. The van der Waals surface area contributed by atoms with Crippen molar-refractivity contribution >= 4 is 44.8 Å². The third-order valence-electron chi connectivity index (χ3n) is 1.87. The van der Waals surface area contributed by atoms with Gasteiger partial charge in [-0.05, 0) is 12.1 Å². The van der Waals surface area contributed by atoms with Gasteiger partial charge in [-0.15, -0.1) is 6.42 Å². The number of carbonyl (C=O) groups is 1. The van der Waals surface area contributed by atoms with Crippen molar-refractivity contribution in [1.82, 2.24) is 0 Å². The molecule has 1 aromatic rings. The maximum Gasteiger partial charge on any atom is 0.238 e. The minimum absolute atomic E-state index is 0.0445. The lowest BCUT2D eigenvalue weighted by atomic mass is 10.3. The highest BCUT2D eigenvalue weighted by Crippen LogP contribution is 2.33. The highest BCUT2D eigenvalue weighted by Gasteiger charge is 2.16. The lowest BCUT2D eigenvalue weighted by Gasteiger charge is -2.09. The molecule has 0 unspecified atom stereocenters. The van der Waals surface area contributed by atoms with Crippen LogP contribution in [0.3, 0.4) is 0 Å². The first-order valence-corrected chi connectivity index (χ1v) is 6.81. The molecule has 0 radical (unpaired) electrons. The van der Waals surface area contributed by atoms with Crippen molar-refractivity contribution < 1.29 is 13.2 Å². The second kappa shape index (κ2) is 5.59. The summed E-state index contributed by atoms with van der Waals surface area (Å²) in [7, 11) is -3.92. The van der Waals surface area contributed by atoms with E-state index in [9.17, 15) is 13.2 Å². The average Bonchev–Trinajstić information content (AvgIpc) is 2.22. The van der Waals surface area contributed by atoms with Crippen molar-refractivity contribution in [2.24, 2.45) is 5.14 Å². The van der Waals surface area contributed by atoms with Gasteiger partial charge in [-0.1, -0.05) is 29.1 Å². The summed E-state index contributed by atoms with van der Waals surface area (Å²) in [6.45, 7) is 0. The number of hydrogen-bond donors (Lipinski definition) is 2. The molecule has 0 aliphatic rings. The van der Waals surface area contributed by atoms with E-state index in [1.165, 1.54) is 0 Å². The van der Waals surface area contributed by atoms with Gasteiger partial charge in [-0.25, -0.2) is 13.6 Å². The fraction of sp³-hybridized carbons (Fsp3) is 0.100. The number of anilines is 1. The van der Waals surface area contributed by atoms with Crippen molar-refractivity contribution in [3.8, 4) is 12.3 Å². The topological polar surface area (TPSA) is 89.3 Å². The fourth-order valence-corrected chi connectivity index (χ4v) is 2.39. The van der Waals surface area contributed by atoms with Crippen LogP contribution in [0, 0.1) is 12.3 Å². The number of amides is 1. The number of primary sulfonamides is 1. The van der Waals surface area contributed by atoms with Crippen LogP contribution in [0.15, 0.2) is 17.0 Å². The number of sulfonamides is 1. The van der Waals surface area contributed by atoms with E-state index in [4.69, 9.17) is 34.8 Å². The molecule has 0 heterocycles. The normalized spacial score (nSPS) is 10.8. The number of rotatable bonds is 3. The Morgan fingerprint density at radius 3 is 2.28 bits per heavy atom. The molecule has 0 aliphatic carbocycles. The minimum Gasteiger partial charge on any atom is -0.323 e. The number of terminal acetylenes is 1. The van der Waals surface area contributed by atoms with Gasteiger partial charge in [-0.3, -0.25) is 4.79 Å². The smallest absolute Gasteiger partial charge is 0.238 e. The number of hydrogen-bond acceptors (Lipinski definition) is 3. The predicted molar refractivity (Wildman–Crippen MR) is 69.9 cm³/mol. The third-order valence-corrected chi connectivity index (χ3v) is 3.36. The van der Waals surface area contributed by atoms with E-state index in [0.717, 1.165) is 12.1 Å². The molecule has 1 rings (SSSR count). The summed E-state index contributed by atoms with van der Waals surface area (Å²) in [5.74, 6) is 1.67. The van der Waals surface area contributed by atoms with Crippen molar-refractivity contribution in [2.75, 3.05) is 5.32 Å². The van der Waals surface area contributed by atoms with E-state index in [-0.39, 0.29) is 27.0 Å². The van der Waals surface area contributed by atoms with E-state index in [2.05, 4.69) is 11.2 Å². The van der Waals surface area contributed by atoms with E-state index in [0.29, 0.717) is 0 Å². The monoisotopic (exact) mass is 306 g/mol. The van der Waals surface area contributed by atoms with Crippen LogP contribution in [0.1, 0.15) is 6.42 Å². The van der Waals surface area contributed by atoms with Crippen LogP contribution in [0.2, 0.25) is 10.0 Å². The van der Waals surface area contributed by atoms with Crippen molar-refractivity contribution in [1.29, 1.82) is 0 Å². The molecule has 0 spiro atoms. The Morgan fingerprint density at radius 1 is 1.39 bits per heavy atom. The Kier molecular flexibility index (Phi) is 4.59. The number of carbonyl (C=O) groups excluding carboxylic acids is 1. The van der Waals surface area contributed by atoms with Crippen LogP contribution < -0.4 is 10.5 Å². The Hall–Kier alpha value is -1.26. The Balaban J connectivity index is 3.18. The standard InChI is InChI=1S/C10H8Cl2N2O3S/c1-2-3-9(15)14-10-7(11)4-6(5-8(10)12)18(13,16)17/h1,4-5H,3H2,(H,14,15)(H2,13,16,17). The van der Waals surface area contributed by atoms with E-state index in [1.807, 2.05) is 0 Å². The van der Waals surface area contributed by atoms with Gasteiger partial charge in [0.25, 0.3) is 0 Å². The number of nitrogens with one attached hydrogen (secondary N) is 1. The molecule has 1 amide bonds. The van der Waals surface area contributed by atoms with Crippen LogP contribution in [-0.2, 0) is 14.8 Å². The van der Waals surface area contributed by atoms with Crippen LogP contribution >= 0.6 is 23.2 Å². The molecular formula is C10H8Cl2N2O3S. The number of nitrogens with two attached hydrogens (primary N) is 1.